The second-order valence-electron chi connectivity index (χ2n) is 4.20. The van der Waals surface area contributed by atoms with E-state index in [0.717, 1.165) is 6.42 Å². The molecule has 3 rings (SSSR count). The van der Waals surface area contributed by atoms with E-state index in [2.05, 4.69) is 73.7 Å². The predicted octanol–water partition coefficient (Wildman–Crippen LogP) is 5.05. The van der Waals surface area contributed by atoms with Crippen molar-refractivity contribution in [2.24, 2.45) is 0 Å². The van der Waals surface area contributed by atoms with Gasteiger partial charge in [0, 0.05) is 25.8 Å². The fourth-order valence-corrected chi connectivity index (χ4v) is 1.78. The van der Waals surface area contributed by atoms with Crippen LogP contribution in [0.25, 0.3) is 11.1 Å². The Kier molecular flexibility index (Phi) is 7.35. The Morgan fingerprint density at radius 2 is 1.26 bits per heavy atom. The van der Waals surface area contributed by atoms with Gasteiger partial charge in [-0.3, -0.25) is 6.08 Å². The van der Waals surface area contributed by atoms with Crippen LogP contribution in [0.4, 0.5) is 0 Å². The minimum absolute atomic E-state index is 0. The van der Waals surface area contributed by atoms with Crippen molar-refractivity contribution < 1.29 is 25.8 Å². The maximum atomic E-state index is 3.12. The van der Waals surface area contributed by atoms with Crippen molar-refractivity contribution >= 4 is 0 Å². The molecule has 0 atom stereocenters. The summed E-state index contributed by atoms with van der Waals surface area (Å²) < 4.78 is 0. The fourth-order valence-electron chi connectivity index (χ4n) is 1.78. The molecule has 94 valence electrons. The van der Waals surface area contributed by atoms with Gasteiger partial charge >= 0.3 is 0 Å². The standard InChI is InChI=1S/C12H10.C6H7.Hf/c1-3-7-11(8-4-1)12-9-5-2-6-10-12;1-6-4-2-3-5-6;/h1-10H;2,4H,3H2,1H3;/q;-1;. The van der Waals surface area contributed by atoms with E-state index in [0.29, 0.717) is 0 Å². The predicted molar refractivity (Wildman–Crippen MR) is 78.1 cm³/mol. The summed E-state index contributed by atoms with van der Waals surface area (Å²) in [6, 6.07) is 20.8. The van der Waals surface area contributed by atoms with Crippen molar-refractivity contribution in [1.29, 1.82) is 0 Å². The molecule has 0 aliphatic heterocycles. The van der Waals surface area contributed by atoms with Gasteiger partial charge in [-0.25, -0.2) is 11.6 Å². The molecule has 0 amide bonds. The molecule has 1 aliphatic rings. The first-order valence-electron chi connectivity index (χ1n) is 6.21. The second-order valence-corrected chi connectivity index (χ2v) is 4.20. The minimum Gasteiger partial charge on any atom is -0.270 e. The molecule has 0 nitrogen and oxygen atoms in total. The summed E-state index contributed by atoms with van der Waals surface area (Å²) >= 11 is 0. The quantitative estimate of drug-likeness (QED) is 0.455. The van der Waals surface area contributed by atoms with E-state index in [-0.39, 0.29) is 25.8 Å². The van der Waals surface area contributed by atoms with Crippen LogP contribution in [0.2, 0.25) is 0 Å². The number of rotatable bonds is 1. The Bertz CT molecular complexity index is 484. The number of hydrogen-bond acceptors (Lipinski definition) is 0. The Morgan fingerprint density at radius 1 is 0.789 bits per heavy atom. The normalized spacial score (nSPS) is 11.9. The van der Waals surface area contributed by atoms with Crippen LogP contribution in [0.5, 0.6) is 0 Å². The maximum absolute atomic E-state index is 3.12. The summed E-state index contributed by atoms with van der Waals surface area (Å²) in [4.78, 5) is 0. The fraction of sp³-hybridized carbons (Fsp3) is 0.111. The van der Waals surface area contributed by atoms with E-state index >= 15 is 0 Å². The van der Waals surface area contributed by atoms with E-state index < -0.39 is 0 Å². The van der Waals surface area contributed by atoms with Crippen LogP contribution in [0.15, 0.2) is 78.4 Å². The third-order valence-electron chi connectivity index (χ3n) is 2.75. The molecule has 0 fully saturated rings. The van der Waals surface area contributed by atoms with E-state index in [1.54, 1.807) is 0 Å². The third kappa shape index (κ3) is 5.52. The van der Waals surface area contributed by atoms with Gasteiger partial charge < -0.3 is 0 Å². The molecule has 0 saturated carbocycles. The largest absolute Gasteiger partial charge is 0.270 e. The van der Waals surface area contributed by atoms with E-state index in [1.807, 2.05) is 12.1 Å². The number of allylic oxidation sites excluding steroid dienone is 4. The Morgan fingerprint density at radius 3 is 1.53 bits per heavy atom. The van der Waals surface area contributed by atoms with Gasteiger partial charge in [0.25, 0.3) is 0 Å². The molecule has 0 heterocycles. The molecule has 0 unspecified atom stereocenters. The monoisotopic (exact) mass is 413 g/mol. The van der Waals surface area contributed by atoms with Gasteiger partial charge in [0.05, 0.1) is 0 Å². The average Bonchev–Trinajstić information content (AvgIpc) is 2.93. The summed E-state index contributed by atoms with van der Waals surface area (Å²) in [7, 11) is 0. The summed E-state index contributed by atoms with van der Waals surface area (Å²) in [5.41, 5.74) is 3.83. The molecule has 0 bridgehead atoms. The maximum Gasteiger partial charge on any atom is 0 e. The van der Waals surface area contributed by atoms with Crippen LogP contribution < -0.4 is 0 Å². The molecule has 0 radical (unpaired) electrons. The molecule has 0 saturated heterocycles. The van der Waals surface area contributed by atoms with Crippen molar-refractivity contribution in [2.75, 3.05) is 0 Å². The SMILES string of the molecule is CC1=[C-]CC=C1.[Hf].c1ccc(-c2ccccc2)cc1. The van der Waals surface area contributed by atoms with Gasteiger partial charge in [-0.15, -0.1) is 6.42 Å². The first-order valence-corrected chi connectivity index (χ1v) is 6.21. The molecule has 0 aromatic heterocycles. The third-order valence-corrected chi connectivity index (χ3v) is 2.75. The number of benzene rings is 2. The van der Waals surface area contributed by atoms with Crippen molar-refractivity contribution in [3.8, 4) is 11.1 Å². The van der Waals surface area contributed by atoms with Crippen LogP contribution >= 0.6 is 0 Å². The smallest absolute Gasteiger partial charge is 0 e. The van der Waals surface area contributed by atoms with Gasteiger partial charge in [-0.1, -0.05) is 67.6 Å². The summed E-state index contributed by atoms with van der Waals surface area (Å²) in [6.07, 6.45) is 8.33. The van der Waals surface area contributed by atoms with Gasteiger partial charge in [-0.2, -0.15) is 6.08 Å². The molecule has 0 spiro atoms. The molecule has 19 heavy (non-hydrogen) atoms. The second kappa shape index (κ2) is 8.82. The molecule has 0 N–H and O–H groups in total. The molecule has 1 heteroatoms. The molecular formula is C18H17Hf-. The van der Waals surface area contributed by atoms with Gasteiger partial charge in [0.1, 0.15) is 0 Å². The van der Waals surface area contributed by atoms with Crippen molar-refractivity contribution in [2.45, 2.75) is 13.3 Å². The zero-order chi connectivity index (χ0) is 12.6. The first-order chi connectivity index (χ1) is 8.86. The minimum atomic E-state index is 0. The van der Waals surface area contributed by atoms with Crippen molar-refractivity contribution in [3.05, 3.63) is 84.5 Å². The Balaban J connectivity index is 0.000000220. The van der Waals surface area contributed by atoms with E-state index in [4.69, 9.17) is 0 Å². The summed E-state index contributed by atoms with van der Waals surface area (Å²) in [6.45, 7) is 2.06. The average molecular weight is 412 g/mol. The molecule has 1 aliphatic carbocycles. The van der Waals surface area contributed by atoms with Crippen LogP contribution in [-0.2, 0) is 25.8 Å². The van der Waals surface area contributed by atoms with Gasteiger partial charge in [0.15, 0.2) is 0 Å². The summed E-state index contributed by atoms with van der Waals surface area (Å²) in [5.74, 6) is 0. The van der Waals surface area contributed by atoms with E-state index in [9.17, 15) is 0 Å². The van der Waals surface area contributed by atoms with E-state index in [1.165, 1.54) is 16.7 Å². The zero-order valence-electron chi connectivity index (χ0n) is 11.1. The van der Waals surface area contributed by atoms with Crippen molar-refractivity contribution in [3.63, 3.8) is 0 Å². The molecular weight excluding hydrogens is 395 g/mol. The van der Waals surface area contributed by atoms with Crippen LogP contribution in [-0.4, -0.2) is 0 Å². The molecule has 2 aromatic carbocycles. The van der Waals surface area contributed by atoms with Crippen LogP contribution in [0, 0.1) is 6.08 Å². The first kappa shape index (κ1) is 15.8. The van der Waals surface area contributed by atoms with Crippen LogP contribution in [0.1, 0.15) is 13.3 Å². The molecule has 2 aromatic rings. The van der Waals surface area contributed by atoms with Crippen LogP contribution in [0.3, 0.4) is 0 Å². The Labute approximate surface area is 134 Å². The van der Waals surface area contributed by atoms with Gasteiger partial charge in [-0.05, 0) is 11.1 Å². The zero-order valence-corrected chi connectivity index (χ0v) is 14.7. The van der Waals surface area contributed by atoms with Crippen molar-refractivity contribution in [1.82, 2.24) is 0 Å². The number of hydrogen-bond donors (Lipinski definition) is 0. The Hall–Kier alpha value is -1.21. The van der Waals surface area contributed by atoms with Gasteiger partial charge in [0.2, 0.25) is 0 Å². The summed E-state index contributed by atoms with van der Waals surface area (Å²) in [5, 5.41) is 0. The topological polar surface area (TPSA) is 0 Å².